The molecule has 0 bridgehead atoms. The predicted octanol–water partition coefficient (Wildman–Crippen LogP) is 4.33. The van der Waals surface area contributed by atoms with Crippen LogP contribution < -0.4 is 16.4 Å². The summed E-state index contributed by atoms with van der Waals surface area (Å²) in [6.45, 7) is 10.1. The summed E-state index contributed by atoms with van der Waals surface area (Å²) in [6.07, 6.45) is 5.67. The Morgan fingerprint density at radius 2 is 1.89 bits per heavy atom. The van der Waals surface area contributed by atoms with Crippen molar-refractivity contribution in [2.45, 2.75) is 65.6 Å². The molecule has 2 aromatic heterocycles. The third-order valence-corrected chi connectivity index (χ3v) is 6.88. The molecule has 1 saturated heterocycles. The number of rotatable bonds is 7. The molecular formula is C26H36ClN7O2. The van der Waals surface area contributed by atoms with Gasteiger partial charge in [0, 0.05) is 31.9 Å². The topological polar surface area (TPSA) is 118 Å². The minimum atomic E-state index is -0.393. The van der Waals surface area contributed by atoms with Crippen molar-refractivity contribution in [2.24, 2.45) is 5.73 Å². The van der Waals surface area contributed by atoms with Gasteiger partial charge in [-0.3, -0.25) is 4.79 Å². The quantitative estimate of drug-likeness (QED) is 0.434. The summed E-state index contributed by atoms with van der Waals surface area (Å²) in [5.74, 6) is -0.174. The lowest BCUT2D eigenvalue weighted by atomic mass is 9.97. The zero-order valence-electron chi connectivity index (χ0n) is 21.4. The number of anilines is 1. The zero-order valence-corrected chi connectivity index (χ0v) is 22.2. The number of aromatic nitrogens is 3. The van der Waals surface area contributed by atoms with Gasteiger partial charge in [0.2, 0.25) is 0 Å². The standard InChI is InChI=1S/C26H35N7O2.ClH/c1-5-22(19-8-7-16(3)13-17(19)4)31-25(34)21-14-28-24-20(15-29-33(24)6-2)23(21)30-18-9-11-32(12-10-18)26(27)35;/h7-8,13-15,18,22H,5-6,9-12H2,1-4H3,(H2,27,35)(H,28,30)(H,31,34);1H. The van der Waals surface area contributed by atoms with Crippen molar-refractivity contribution in [3.63, 3.8) is 0 Å². The lowest BCUT2D eigenvalue weighted by molar-refractivity contribution is 0.0936. The number of nitrogens with zero attached hydrogens (tertiary/aromatic N) is 4. The van der Waals surface area contributed by atoms with Crippen LogP contribution in [0.4, 0.5) is 10.5 Å². The number of pyridine rings is 1. The molecule has 0 saturated carbocycles. The number of piperidine rings is 1. The van der Waals surface area contributed by atoms with Gasteiger partial charge in [-0.05, 0) is 51.2 Å². The monoisotopic (exact) mass is 513 g/mol. The zero-order chi connectivity index (χ0) is 25.1. The SMILES string of the molecule is CCC(NC(=O)c1cnc2c(cnn2CC)c1NC1CCN(C(N)=O)CC1)c1ccc(C)cc1C.Cl. The molecule has 1 fully saturated rings. The number of hydrogen-bond acceptors (Lipinski definition) is 5. The smallest absolute Gasteiger partial charge is 0.314 e. The van der Waals surface area contributed by atoms with E-state index in [-0.39, 0.29) is 30.4 Å². The maximum absolute atomic E-state index is 13.6. The highest BCUT2D eigenvalue weighted by Gasteiger charge is 2.26. The largest absolute Gasteiger partial charge is 0.381 e. The second-order valence-electron chi connectivity index (χ2n) is 9.28. The van der Waals surface area contributed by atoms with E-state index in [2.05, 4.69) is 59.7 Å². The number of carbonyl (C=O) groups is 2. The number of halogens is 1. The number of primary amides is 1. The van der Waals surface area contributed by atoms with E-state index < -0.39 is 6.03 Å². The van der Waals surface area contributed by atoms with Crippen LogP contribution in [0.5, 0.6) is 0 Å². The van der Waals surface area contributed by atoms with E-state index in [0.29, 0.717) is 25.2 Å². The molecule has 0 spiro atoms. The van der Waals surface area contributed by atoms with Crippen molar-refractivity contribution in [1.29, 1.82) is 0 Å². The lowest BCUT2D eigenvalue weighted by Gasteiger charge is -2.32. The van der Waals surface area contributed by atoms with Gasteiger partial charge in [0.15, 0.2) is 5.65 Å². The highest BCUT2D eigenvalue weighted by molar-refractivity contribution is 6.06. The highest BCUT2D eigenvalue weighted by Crippen LogP contribution is 2.30. The summed E-state index contributed by atoms with van der Waals surface area (Å²) in [6, 6.07) is 5.92. The van der Waals surface area contributed by atoms with E-state index in [1.165, 1.54) is 5.56 Å². The molecule has 1 aromatic carbocycles. The van der Waals surface area contributed by atoms with Crippen molar-refractivity contribution in [3.8, 4) is 0 Å². The Hall–Kier alpha value is -3.33. The van der Waals surface area contributed by atoms with Crippen LogP contribution in [-0.2, 0) is 6.54 Å². The van der Waals surface area contributed by atoms with Crippen LogP contribution in [0, 0.1) is 13.8 Å². The van der Waals surface area contributed by atoms with Gasteiger partial charge in [-0.2, -0.15) is 5.10 Å². The summed E-state index contributed by atoms with van der Waals surface area (Å²) in [4.78, 5) is 31.4. The van der Waals surface area contributed by atoms with Crippen molar-refractivity contribution >= 4 is 41.1 Å². The Balaban J connectivity index is 0.00000361. The van der Waals surface area contributed by atoms with Crippen LogP contribution in [0.3, 0.4) is 0 Å². The van der Waals surface area contributed by atoms with Gasteiger partial charge < -0.3 is 21.3 Å². The average Bonchev–Trinajstić information content (AvgIpc) is 3.27. The molecule has 10 heteroatoms. The molecule has 4 rings (SSSR count). The van der Waals surface area contributed by atoms with E-state index >= 15 is 0 Å². The number of amides is 3. The third kappa shape index (κ3) is 5.56. The molecule has 4 N–H and O–H groups in total. The van der Waals surface area contributed by atoms with Crippen LogP contribution in [0.2, 0.25) is 0 Å². The van der Waals surface area contributed by atoms with Crippen LogP contribution in [0.25, 0.3) is 11.0 Å². The molecule has 3 amide bonds. The fourth-order valence-electron chi connectivity index (χ4n) is 4.89. The fraction of sp³-hybridized carbons (Fsp3) is 0.462. The van der Waals surface area contributed by atoms with E-state index in [1.54, 1.807) is 17.3 Å². The van der Waals surface area contributed by atoms with E-state index in [0.717, 1.165) is 47.1 Å². The first-order valence-electron chi connectivity index (χ1n) is 12.4. The third-order valence-electron chi connectivity index (χ3n) is 6.88. The number of aryl methyl sites for hydroxylation is 3. The summed E-state index contributed by atoms with van der Waals surface area (Å²) < 4.78 is 1.82. The number of nitrogens with two attached hydrogens (primary N) is 1. The normalized spacial score (nSPS) is 14.8. The molecule has 1 aliphatic rings. The molecule has 1 aliphatic heterocycles. The van der Waals surface area contributed by atoms with Gasteiger partial charge in [0.25, 0.3) is 5.91 Å². The van der Waals surface area contributed by atoms with E-state index in [4.69, 9.17) is 5.73 Å². The highest BCUT2D eigenvalue weighted by atomic mass is 35.5. The Morgan fingerprint density at radius 1 is 1.17 bits per heavy atom. The molecule has 36 heavy (non-hydrogen) atoms. The van der Waals surface area contributed by atoms with Crippen LogP contribution in [0.1, 0.15) is 66.2 Å². The number of benzene rings is 1. The van der Waals surface area contributed by atoms with Gasteiger partial charge in [-0.15, -0.1) is 12.4 Å². The number of urea groups is 1. The number of hydrogen-bond donors (Lipinski definition) is 3. The van der Waals surface area contributed by atoms with Gasteiger partial charge in [-0.25, -0.2) is 14.5 Å². The first-order chi connectivity index (χ1) is 16.8. The minimum Gasteiger partial charge on any atom is -0.381 e. The molecule has 3 aromatic rings. The Kier molecular flexibility index (Phi) is 8.79. The molecular weight excluding hydrogens is 478 g/mol. The molecule has 1 atom stereocenters. The van der Waals surface area contributed by atoms with Gasteiger partial charge in [-0.1, -0.05) is 30.7 Å². The molecule has 0 aliphatic carbocycles. The maximum atomic E-state index is 13.6. The summed E-state index contributed by atoms with van der Waals surface area (Å²) in [7, 11) is 0. The van der Waals surface area contributed by atoms with Crippen molar-refractivity contribution in [2.75, 3.05) is 18.4 Å². The lowest BCUT2D eigenvalue weighted by Crippen LogP contribution is -2.45. The molecule has 9 nitrogen and oxygen atoms in total. The Bertz CT molecular complexity index is 1230. The molecule has 194 valence electrons. The fourth-order valence-corrected chi connectivity index (χ4v) is 4.89. The van der Waals surface area contributed by atoms with E-state index in [1.807, 2.05) is 11.6 Å². The predicted molar refractivity (Wildman–Crippen MR) is 145 cm³/mol. The van der Waals surface area contributed by atoms with Crippen LogP contribution in [0.15, 0.2) is 30.6 Å². The number of fused-ring (bicyclic) bond motifs is 1. The van der Waals surface area contributed by atoms with Gasteiger partial charge in [0.1, 0.15) is 0 Å². The molecule has 0 radical (unpaired) electrons. The number of nitrogens with one attached hydrogen (secondary N) is 2. The first-order valence-corrected chi connectivity index (χ1v) is 12.4. The van der Waals surface area contributed by atoms with Crippen LogP contribution in [-0.4, -0.2) is 50.7 Å². The molecule has 3 heterocycles. The van der Waals surface area contributed by atoms with Gasteiger partial charge >= 0.3 is 6.03 Å². The summed E-state index contributed by atoms with van der Waals surface area (Å²) in [5, 5.41) is 12.1. The average molecular weight is 514 g/mol. The van der Waals surface area contributed by atoms with Gasteiger partial charge in [0.05, 0.1) is 28.9 Å². The number of carbonyl (C=O) groups excluding carboxylic acids is 2. The maximum Gasteiger partial charge on any atom is 0.314 e. The second-order valence-corrected chi connectivity index (χ2v) is 9.28. The second kappa shape index (κ2) is 11.6. The molecule has 1 unspecified atom stereocenters. The Labute approximate surface area is 218 Å². The summed E-state index contributed by atoms with van der Waals surface area (Å²) in [5.41, 5.74) is 10.9. The van der Waals surface area contributed by atoms with Crippen molar-refractivity contribution < 1.29 is 9.59 Å². The number of likely N-dealkylation sites (tertiary alicyclic amines) is 1. The Morgan fingerprint density at radius 3 is 2.50 bits per heavy atom. The van der Waals surface area contributed by atoms with E-state index in [9.17, 15) is 9.59 Å². The minimum absolute atomic E-state index is 0. The van der Waals surface area contributed by atoms with Crippen LogP contribution >= 0.6 is 12.4 Å². The van der Waals surface area contributed by atoms with Crippen molar-refractivity contribution in [1.82, 2.24) is 25.0 Å². The van der Waals surface area contributed by atoms with Crippen molar-refractivity contribution in [3.05, 3.63) is 52.8 Å². The summed E-state index contributed by atoms with van der Waals surface area (Å²) >= 11 is 0. The first kappa shape index (κ1) is 27.3.